The van der Waals surface area contributed by atoms with Gasteiger partial charge in [0.1, 0.15) is 0 Å². The number of aromatic nitrogens is 2. The van der Waals surface area contributed by atoms with Crippen molar-refractivity contribution in [3.8, 4) is 5.69 Å². The molecule has 0 fully saturated rings. The monoisotopic (exact) mass is 499 g/mol. The number of primary sulfonamides is 1. The van der Waals surface area contributed by atoms with E-state index < -0.39 is 15.9 Å². The standard InChI is InChI=1S/C26H21N5O4S/c1-15-4-2-3-5-20(15)26(33)29-17-8-6-16-7-13-21-23(25(27)32)30-31(24(21)22(16)14-17)18-9-11-19(12-10-18)36(28,34)35/h2-14H,1H3,(H2,27,32)(H,29,33)(H2,28,34,35). The van der Waals surface area contributed by atoms with E-state index in [1.807, 2.05) is 31.2 Å². The summed E-state index contributed by atoms with van der Waals surface area (Å²) in [6, 6.07) is 22.1. The minimum atomic E-state index is -3.87. The zero-order valence-electron chi connectivity index (χ0n) is 19.1. The van der Waals surface area contributed by atoms with Crippen molar-refractivity contribution in [1.29, 1.82) is 0 Å². The molecule has 0 saturated heterocycles. The Morgan fingerprint density at radius 2 is 1.61 bits per heavy atom. The number of nitrogens with two attached hydrogens (primary N) is 2. The molecule has 1 aromatic heterocycles. The van der Waals surface area contributed by atoms with E-state index in [0.29, 0.717) is 33.2 Å². The fraction of sp³-hybridized carbons (Fsp3) is 0.0385. The normalized spacial score (nSPS) is 11.6. The molecule has 10 heteroatoms. The quantitative estimate of drug-likeness (QED) is 0.338. The number of nitrogens with one attached hydrogen (secondary N) is 1. The predicted molar refractivity (Wildman–Crippen MR) is 138 cm³/mol. The van der Waals surface area contributed by atoms with Crippen molar-refractivity contribution >= 4 is 49.2 Å². The first-order valence-corrected chi connectivity index (χ1v) is 12.4. The van der Waals surface area contributed by atoms with Crippen molar-refractivity contribution in [3.05, 3.63) is 95.7 Å². The molecule has 1 heterocycles. The van der Waals surface area contributed by atoms with Gasteiger partial charge in [-0.1, -0.05) is 30.3 Å². The predicted octanol–water partition coefficient (Wildman–Crippen LogP) is 3.49. The number of fused-ring (bicyclic) bond motifs is 3. The lowest BCUT2D eigenvalue weighted by molar-refractivity contribution is 0.0994. The van der Waals surface area contributed by atoms with E-state index in [9.17, 15) is 18.0 Å². The molecule has 0 saturated carbocycles. The average Bonchev–Trinajstić information content (AvgIpc) is 3.24. The molecule has 4 aromatic carbocycles. The number of hydrogen-bond donors (Lipinski definition) is 3. The molecule has 5 aromatic rings. The summed E-state index contributed by atoms with van der Waals surface area (Å²) >= 11 is 0. The first kappa shape index (κ1) is 23.2. The van der Waals surface area contributed by atoms with Crippen molar-refractivity contribution in [1.82, 2.24) is 9.78 Å². The number of carbonyl (C=O) groups excluding carboxylic acids is 2. The van der Waals surface area contributed by atoms with Gasteiger partial charge in [-0.05, 0) is 66.4 Å². The van der Waals surface area contributed by atoms with Gasteiger partial charge in [-0.3, -0.25) is 9.59 Å². The van der Waals surface area contributed by atoms with E-state index in [-0.39, 0.29) is 16.5 Å². The molecule has 5 N–H and O–H groups in total. The Morgan fingerprint density at radius 1 is 0.917 bits per heavy atom. The average molecular weight is 500 g/mol. The lowest BCUT2D eigenvalue weighted by atomic mass is 10.0. The summed E-state index contributed by atoms with van der Waals surface area (Å²) in [6.07, 6.45) is 0. The number of aryl methyl sites for hydroxylation is 1. The summed E-state index contributed by atoms with van der Waals surface area (Å²) < 4.78 is 24.9. The highest BCUT2D eigenvalue weighted by Crippen LogP contribution is 2.32. The van der Waals surface area contributed by atoms with Crippen LogP contribution in [0.4, 0.5) is 5.69 Å². The first-order valence-electron chi connectivity index (χ1n) is 10.9. The topological polar surface area (TPSA) is 150 Å². The molecule has 0 bridgehead atoms. The molecule has 5 rings (SSSR count). The third-order valence-corrected chi connectivity index (χ3v) is 6.88. The molecular weight excluding hydrogens is 478 g/mol. The van der Waals surface area contributed by atoms with E-state index >= 15 is 0 Å². The van der Waals surface area contributed by atoms with E-state index in [1.54, 1.807) is 42.5 Å². The fourth-order valence-corrected chi connectivity index (χ4v) is 4.69. The van der Waals surface area contributed by atoms with Crippen LogP contribution in [0.1, 0.15) is 26.4 Å². The maximum absolute atomic E-state index is 12.9. The molecular formula is C26H21N5O4S. The second-order valence-corrected chi connectivity index (χ2v) is 9.89. The van der Waals surface area contributed by atoms with Crippen LogP contribution >= 0.6 is 0 Å². The molecule has 0 aliphatic rings. The van der Waals surface area contributed by atoms with E-state index in [0.717, 1.165) is 10.9 Å². The van der Waals surface area contributed by atoms with E-state index in [4.69, 9.17) is 10.9 Å². The van der Waals surface area contributed by atoms with Crippen LogP contribution in [0, 0.1) is 6.92 Å². The van der Waals surface area contributed by atoms with Gasteiger partial charge in [0.2, 0.25) is 10.0 Å². The smallest absolute Gasteiger partial charge is 0.269 e. The number of carbonyl (C=O) groups is 2. The number of rotatable bonds is 5. The molecule has 0 aliphatic carbocycles. The second-order valence-electron chi connectivity index (χ2n) is 8.33. The van der Waals surface area contributed by atoms with Crippen LogP contribution in [0.25, 0.3) is 27.4 Å². The maximum atomic E-state index is 12.9. The molecule has 0 unspecified atom stereocenters. The summed E-state index contributed by atoms with van der Waals surface area (Å²) in [5.41, 5.74) is 8.72. The number of sulfonamides is 1. The molecule has 0 aliphatic heterocycles. The number of anilines is 1. The van der Waals surface area contributed by atoms with Crippen LogP contribution in [-0.2, 0) is 10.0 Å². The second kappa shape index (κ2) is 8.59. The minimum absolute atomic E-state index is 0.0519. The largest absolute Gasteiger partial charge is 0.364 e. The third-order valence-electron chi connectivity index (χ3n) is 5.95. The Labute approximate surface area is 206 Å². The highest BCUT2D eigenvalue weighted by atomic mass is 32.2. The molecule has 0 radical (unpaired) electrons. The Kier molecular flexibility index (Phi) is 5.54. The highest BCUT2D eigenvalue weighted by Gasteiger charge is 2.19. The lowest BCUT2D eigenvalue weighted by Crippen LogP contribution is -2.13. The van der Waals surface area contributed by atoms with Crippen LogP contribution in [0.3, 0.4) is 0 Å². The van der Waals surface area contributed by atoms with E-state index in [1.165, 1.54) is 16.8 Å². The number of nitrogens with zero attached hydrogens (tertiary/aromatic N) is 2. The van der Waals surface area contributed by atoms with Crippen molar-refractivity contribution in [3.63, 3.8) is 0 Å². The summed E-state index contributed by atoms with van der Waals surface area (Å²) in [6.45, 7) is 1.87. The Hall–Kier alpha value is -4.54. The molecule has 180 valence electrons. The third kappa shape index (κ3) is 4.08. The Balaban J connectivity index is 1.68. The molecule has 9 nitrogen and oxygen atoms in total. The molecule has 2 amide bonds. The summed E-state index contributed by atoms with van der Waals surface area (Å²) in [5.74, 6) is -0.951. The van der Waals surface area contributed by atoms with Crippen LogP contribution in [0.2, 0.25) is 0 Å². The SMILES string of the molecule is Cc1ccccc1C(=O)Nc1ccc2ccc3c(C(N)=O)nn(-c4ccc(S(N)(=O)=O)cc4)c3c2c1. The fourth-order valence-electron chi connectivity index (χ4n) is 4.18. The highest BCUT2D eigenvalue weighted by molar-refractivity contribution is 7.89. The minimum Gasteiger partial charge on any atom is -0.364 e. The van der Waals surface area contributed by atoms with Crippen molar-refractivity contribution in [2.75, 3.05) is 5.32 Å². The zero-order valence-corrected chi connectivity index (χ0v) is 19.9. The summed E-state index contributed by atoms with van der Waals surface area (Å²) in [5, 5.41) is 14.6. The Bertz CT molecular complexity index is 1790. The van der Waals surface area contributed by atoms with Gasteiger partial charge in [0.25, 0.3) is 11.8 Å². The van der Waals surface area contributed by atoms with Crippen LogP contribution in [0.5, 0.6) is 0 Å². The van der Waals surface area contributed by atoms with Crippen LogP contribution in [0.15, 0.2) is 83.8 Å². The Morgan fingerprint density at radius 3 is 2.28 bits per heavy atom. The van der Waals surface area contributed by atoms with Crippen LogP contribution < -0.4 is 16.2 Å². The van der Waals surface area contributed by atoms with Crippen molar-refractivity contribution < 1.29 is 18.0 Å². The van der Waals surface area contributed by atoms with Crippen molar-refractivity contribution in [2.45, 2.75) is 11.8 Å². The molecule has 36 heavy (non-hydrogen) atoms. The summed E-state index contributed by atoms with van der Waals surface area (Å²) in [4.78, 5) is 25.0. The number of hydrogen-bond acceptors (Lipinski definition) is 5. The van der Waals surface area contributed by atoms with Gasteiger partial charge >= 0.3 is 0 Å². The van der Waals surface area contributed by atoms with Gasteiger partial charge in [-0.2, -0.15) is 5.10 Å². The maximum Gasteiger partial charge on any atom is 0.269 e. The summed E-state index contributed by atoms with van der Waals surface area (Å²) in [7, 11) is -3.87. The lowest BCUT2D eigenvalue weighted by Gasteiger charge is -2.11. The first-order chi connectivity index (χ1) is 17.1. The zero-order chi connectivity index (χ0) is 25.6. The number of benzene rings is 4. The molecule has 0 atom stereocenters. The van der Waals surface area contributed by atoms with Gasteiger partial charge < -0.3 is 11.1 Å². The van der Waals surface area contributed by atoms with Gasteiger partial charge in [0.05, 0.1) is 16.1 Å². The van der Waals surface area contributed by atoms with Gasteiger partial charge in [0.15, 0.2) is 5.69 Å². The van der Waals surface area contributed by atoms with Gasteiger partial charge in [-0.25, -0.2) is 18.2 Å². The van der Waals surface area contributed by atoms with Crippen LogP contribution in [-0.4, -0.2) is 30.0 Å². The van der Waals surface area contributed by atoms with Gasteiger partial charge in [0, 0.05) is 22.0 Å². The van der Waals surface area contributed by atoms with E-state index in [2.05, 4.69) is 10.4 Å². The molecule has 0 spiro atoms. The number of amides is 2. The number of primary amides is 1. The van der Waals surface area contributed by atoms with Crippen molar-refractivity contribution in [2.24, 2.45) is 10.9 Å². The van der Waals surface area contributed by atoms with Gasteiger partial charge in [-0.15, -0.1) is 0 Å².